The number of carbonyl (C=O) groups excluding carboxylic acids is 1. The van der Waals surface area contributed by atoms with E-state index in [9.17, 15) is 4.79 Å². The fraction of sp³-hybridized carbons (Fsp3) is 0.333. The molecule has 20 heavy (non-hydrogen) atoms. The Bertz CT molecular complexity index is 581. The van der Waals surface area contributed by atoms with Gasteiger partial charge in [-0.2, -0.15) is 0 Å². The van der Waals surface area contributed by atoms with Crippen LogP contribution in [0.15, 0.2) is 29.6 Å². The van der Waals surface area contributed by atoms with E-state index < -0.39 is 0 Å². The van der Waals surface area contributed by atoms with Crippen molar-refractivity contribution in [2.24, 2.45) is 0 Å². The maximum Gasteiger partial charge on any atom is 0.251 e. The first-order valence-electron chi connectivity index (χ1n) is 6.58. The molecule has 5 heteroatoms. The van der Waals surface area contributed by atoms with E-state index in [0.29, 0.717) is 11.4 Å². The Morgan fingerprint density at radius 1 is 1.45 bits per heavy atom. The lowest BCUT2D eigenvalue weighted by atomic mass is 10.1. The van der Waals surface area contributed by atoms with Gasteiger partial charge in [-0.3, -0.25) is 4.79 Å². The van der Waals surface area contributed by atoms with E-state index in [1.807, 2.05) is 19.9 Å². The summed E-state index contributed by atoms with van der Waals surface area (Å²) in [5.74, 6) is 0.650. The second-order valence-electron chi connectivity index (χ2n) is 4.79. The molecule has 2 aromatic heterocycles. The Labute approximate surface area is 123 Å². The number of pyridine rings is 1. The zero-order valence-electron chi connectivity index (χ0n) is 11.9. The van der Waals surface area contributed by atoms with Gasteiger partial charge in [0, 0.05) is 35.6 Å². The van der Waals surface area contributed by atoms with Crippen LogP contribution in [0.1, 0.15) is 27.9 Å². The predicted octanol–water partition coefficient (Wildman–Crippen LogP) is 2.85. The number of nitrogens with zero attached hydrogens (tertiary/aromatic N) is 1. The highest BCUT2D eigenvalue weighted by molar-refractivity contribution is 7.09. The number of hydrogen-bond donors (Lipinski definition) is 2. The Morgan fingerprint density at radius 3 is 2.90 bits per heavy atom. The van der Waals surface area contributed by atoms with Crippen molar-refractivity contribution < 1.29 is 4.79 Å². The number of thiophene rings is 1. The maximum absolute atomic E-state index is 12.2. The summed E-state index contributed by atoms with van der Waals surface area (Å²) in [7, 11) is 1.79. The maximum atomic E-state index is 12.2. The summed E-state index contributed by atoms with van der Waals surface area (Å²) in [5.41, 5.74) is 1.47. The third-order valence-electron chi connectivity index (χ3n) is 2.94. The van der Waals surface area contributed by atoms with Crippen LogP contribution in [0.2, 0.25) is 0 Å². The van der Waals surface area contributed by atoms with Crippen molar-refractivity contribution in [2.45, 2.75) is 26.3 Å². The second kappa shape index (κ2) is 6.52. The van der Waals surface area contributed by atoms with Gasteiger partial charge in [-0.1, -0.05) is 6.07 Å². The lowest BCUT2D eigenvalue weighted by molar-refractivity contribution is 0.0940. The normalized spacial score (nSPS) is 11.9. The van der Waals surface area contributed by atoms with Crippen molar-refractivity contribution in [3.05, 3.63) is 45.8 Å². The minimum atomic E-state index is -0.0592. The van der Waals surface area contributed by atoms with Crippen molar-refractivity contribution in [2.75, 3.05) is 12.4 Å². The monoisotopic (exact) mass is 289 g/mol. The number of carbonyl (C=O) groups is 1. The summed E-state index contributed by atoms with van der Waals surface area (Å²) in [6, 6.07) is 7.78. The number of aromatic nitrogens is 1. The molecule has 0 spiro atoms. The zero-order valence-corrected chi connectivity index (χ0v) is 12.8. The molecule has 2 heterocycles. The summed E-state index contributed by atoms with van der Waals surface area (Å²) in [5, 5.41) is 8.04. The molecule has 0 fully saturated rings. The van der Waals surface area contributed by atoms with Gasteiger partial charge in [-0.25, -0.2) is 4.98 Å². The number of rotatable bonds is 5. The van der Waals surface area contributed by atoms with Gasteiger partial charge in [0.2, 0.25) is 0 Å². The molecule has 2 N–H and O–H groups in total. The van der Waals surface area contributed by atoms with Gasteiger partial charge >= 0.3 is 0 Å². The summed E-state index contributed by atoms with van der Waals surface area (Å²) >= 11 is 1.71. The van der Waals surface area contributed by atoms with Crippen LogP contribution in [0.5, 0.6) is 0 Å². The first-order chi connectivity index (χ1) is 9.58. The molecule has 0 aliphatic rings. The molecular formula is C15H19N3OS. The molecule has 1 amide bonds. The van der Waals surface area contributed by atoms with E-state index in [2.05, 4.69) is 27.1 Å². The van der Waals surface area contributed by atoms with Crippen molar-refractivity contribution in [3.8, 4) is 0 Å². The molecule has 0 saturated carbocycles. The molecule has 1 unspecified atom stereocenters. The number of aryl methyl sites for hydroxylation is 1. The van der Waals surface area contributed by atoms with Crippen LogP contribution in [-0.2, 0) is 6.42 Å². The predicted molar refractivity (Wildman–Crippen MR) is 83.5 cm³/mol. The largest absolute Gasteiger partial charge is 0.373 e. The number of anilines is 1. The molecule has 0 aromatic carbocycles. The van der Waals surface area contributed by atoms with Crippen molar-refractivity contribution in [1.29, 1.82) is 0 Å². The van der Waals surface area contributed by atoms with Crippen LogP contribution in [0.4, 0.5) is 5.82 Å². The van der Waals surface area contributed by atoms with Gasteiger partial charge in [-0.05, 0) is 37.4 Å². The molecule has 1 atom stereocenters. The topological polar surface area (TPSA) is 54.0 Å². The van der Waals surface area contributed by atoms with E-state index >= 15 is 0 Å². The van der Waals surface area contributed by atoms with Crippen molar-refractivity contribution >= 4 is 23.1 Å². The Hall–Kier alpha value is -1.88. The van der Waals surface area contributed by atoms with E-state index in [1.54, 1.807) is 30.5 Å². The molecule has 106 valence electrons. The molecule has 0 aliphatic heterocycles. The highest BCUT2D eigenvalue weighted by atomic mass is 32.1. The fourth-order valence-electron chi connectivity index (χ4n) is 2.02. The molecule has 2 rings (SSSR count). The third kappa shape index (κ3) is 3.81. The highest BCUT2D eigenvalue weighted by Gasteiger charge is 2.12. The van der Waals surface area contributed by atoms with Crippen LogP contribution >= 0.6 is 11.3 Å². The average Bonchev–Trinajstić information content (AvgIpc) is 2.90. The molecule has 0 saturated heterocycles. The fourth-order valence-corrected chi connectivity index (χ4v) is 2.85. The second-order valence-corrected chi connectivity index (χ2v) is 5.82. The van der Waals surface area contributed by atoms with E-state index in [1.165, 1.54) is 4.88 Å². The minimum absolute atomic E-state index is 0.0592. The quantitative estimate of drug-likeness (QED) is 0.890. The first-order valence-corrected chi connectivity index (χ1v) is 7.46. The molecule has 4 nitrogen and oxygen atoms in total. The minimum Gasteiger partial charge on any atom is -0.373 e. The van der Waals surface area contributed by atoms with Crippen LogP contribution < -0.4 is 10.6 Å². The highest BCUT2D eigenvalue weighted by Crippen LogP contribution is 2.13. The molecule has 0 aliphatic carbocycles. The third-order valence-corrected chi connectivity index (χ3v) is 3.84. The van der Waals surface area contributed by atoms with Gasteiger partial charge in [0.1, 0.15) is 5.82 Å². The van der Waals surface area contributed by atoms with Crippen LogP contribution in [0, 0.1) is 6.92 Å². The lowest BCUT2D eigenvalue weighted by Crippen LogP contribution is -2.34. The van der Waals surface area contributed by atoms with Gasteiger partial charge in [-0.15, -0.1) is 11.3 Å². The van der Waals surface area contributed by atoms with Gasteiger partial charge < -0.3 is 10.6 Å². The van der Waals surface area contributed by atoms with Crippen molar-refractivity contribution in [1.82, 2.24) is 10.3 Å². The molecule has 2 aromatic rings. The van der Waals surface area contributed by atoms with Crippen LogP contribution in [0.3, 0.4) is 0 Å². The molecule has 0 radical (unpaired) electrons. The van der Waals surface area contributed by atoms with E-state index in [-0.39, 0.29) is 11.9 Å². The van der Waals surface area contributed by atoms with Crippen LogP contribution in [0.25, 0.3) is 0 Å². The number of nitrogens with one attached hydrogen (secondary N) is 2. The number of amides is 1. The smallest absolute Gasteiger partial charge is 0.251 e. The molecule has 0 bridgehead atoms. The SMILES string of the molecule is CNc1cc(C(=O)NC(C)Cc2cccs2)cc(C)n1. The Balaban J connectivity index is 2.02. The molecular weight excluding hydrogens is 270 g/mol. The first kappa shape index (κ1) is 14.5. The summed E-state index contributed by atoms with van der Waals surface area (Å²) in [4.78, 5) is 17.8. The van der Waals surface area contributed by atoms with E-state index in [0.717, 1.165) is 12.1 Å². The van der Waals surface area contributed by atoms with Crippen LogP contribution in [-0.4, -0.2) is 24.0 Å². The number of hydrogen-bond acceptors (Lipinski definition) is 4. The average molecular weight is 289 g/mol. The lowest BCUT2D eigenvalue weighted by Gasteiger charge is -2.13. The van der Waals surface area contributed by atoms with Crippen molar-refractivity contribution in [3.63, 3.8) is 0 Å². The van der Waals surface area contributed by atoms with E-state index in [4.69, 9.17) is 0 Å². The summed E-state index contributed by atoms with van der Waals surface area (Å²) in [6.07, 6.45) is 0.854. The Kier molecular flexibility index (Phi) is 4.74. The van der Waals surface area contributed by atoms with Gasteiger partial charge in [0.25, 0.3) is 5.91 Å². The summed E-state index contributed by atoms with van der Waals surface area (Å²) < 4.78 is 0. The van der Waals surface area contributed by atoms with Gasteiger partial charge in [0.15, 0.2) is 0 Å². The zero-order chi connectivity index (χ0) is 14.5. The Morgan fingerprint density at radius 2 is 2.25 bits per heavy atom. The standard InChI is InChI=1S/C15H19N3OS/c1-10-7-12(9-14(16-3)17-10)15(19)18-11(2)8-13-5-4-6-20-13/h4-7,9,11H,8H2,1-3H3,(H,16,17)(H,18,19). The van der Waals surface area contributed by atoms with Gasteiger partial charge in [0.05, 0.1) is 0 Å². The summed E-state index contributed by atoms with van der Waals surface area (Å²) in [6.45, 7) is 3.90.